The molecular weight excluding hydrogens is 1860 g/mol. The largest absolute Gasteiger partial charge is 0.358 e. The van der Waals surface area contributed by atoms with E-state index in [2.05, 4.69) is 0 Å². The van der Waals surface area contributed by atoms with Gasteiger partial charge >= 0.3 is 0 Å². The van der Waals surface area contributed by atoms with E-state index in [9.17, 15) is 0 Å². The summed E-state index contributed by atoms with van der Waals surface area (Å²) >= 11 is 0. The molecule has 0 saturated carbocycles. The Morgan fingerprint density at radius 1 is 0.0619 bits per heavy atom. The van der Waals surface area contributed by atoms with Crippen LogP contribution in [0.4, 0.5) is 0 Å². The van der Waals surface area contributed by atoms with E-state index in [-0.39, 0.29) is 384 Å². The van der Waals surface area contributed by atoms with Crippen molar-refractivity contribution >= 4 is 0 Å². The summed E-state index contributed by atoms with van der Waals surface area (Å²) in [5, 5.41) is 0. The molecule has 9 radical (unpaired) electrons. The van der Waals surface area contributed by atoms with Crippen LogP contribution < -0.4 is 0 Å². The molecule has 0 amide bonds. The van der Waals surface area contributed by atoms with Gasteiger partial charge in [-0.1, -0.05) is 475 Å². The average Bonchev–Trinajstić information content (AvgIpc) is 3.60. The summed E-state index contributed by atoms with van der Waals surface area (Å²) < 4.78 is 0. The van der Waals surface area contributed by atoms with Crippen LogP contribution in [-0.4, -0.2) is 0 Å². The van der Waals surface area contributed by atoms with E-state index < -0.39 is 0 Å². The maximum atomic E-state index is 2.00. The predicted octanol–water partition coefficient (Wildman–Crippen LogP) is 30.5. The van der Waals surface area contributed by atoms with Crippen LogP contribution in [0.2, 0.25) is 0 Å². The van der Waals surface area contributed by atoms with Gasteiger partial charge in [0.05, 0.1) is 0 Å². The van der Waals surface area contributed by atoms with Crippen molar-refractivity contribution in [1.29, 1.82) is 0 Å². The summed E-state index contributed by atoms with van der Waals surface area (Å²) in [6.07, 6.45) is 0. The second-order valence-corrected chi connectivity index (χ2v) is 11.5. The fraction of sp³-hybridized carbons (Fsp3) is 0.182. The third kappa shape index (κ3) is 235. The molecule has 0 nitrogen and oxygen atoms in total. The molecule has 0 bridgehead atoms. The van der Waals surface area contributed by atoms with Gasteiger partial charge in [-0.25, -0.2) is 0 Å². The monoisotopic (exact) mass is 2000 g/mol. The van der Waals surface area contributed by atoms with Crippen molar-refractivity contribution in [3.8, 4) is 0 Å². The summed E-state index contributed by atoms with van der Waals surface area (Å²) in [6, 6.07) is 120. The first-order valence-electron chi connectivity index (χ1n) is 28.0. The molecule has 0 saturated heterocycles. The van der Waals surface area contributed by atoms with Gasteiger partial charge in [0.25, 0.3) is 0 Å². The number of benzene rings is 10. The van der Waals surface area contributed by atoms with Gasteiger partial charge in [-0.2, -0.15) is 0 Å². The second kappa shape index (κ2) is 240. The quantitative estimate of drug-likeness (QED) is 0.133. The average molecular weight is 2000 g/mol. The molecule has 0 aliphatic rings. The van der Waals surface area contributed by atoms with Crippen LogP contribution in [0.1, 0.15) is 111 Å². The minimum absolute atomic E-state index is 0. The standard InChI is InChI=1S/10C6H6.8C2H6.12CH3.9Y/c10*1-2-4-6-5-3-1;8*1-2;;;;;;;;;;;;;;;;;;;;;/h10*1-6H;8*1-2H3;12*1H3;;;;;;;;;/q;;;;;;;;;;;;;;;;;;12*-1;;;;;;;;;. The van der Waals surface area contributed by atoms with E-state index >= 15 is 0 Å². The minimum atomic E-state index is 0. The normalized spacial score (nSPS) is 5.44. The third-order valence-electron chi connectivity index (χ3n) is 6.67. The number of hydrogen-bond donors (Lipinski definition) is 0. The van der Waals surface area contributed by atoms with Crippen LogP contribution in [0.15, 0.2) is 364 Å². The van der Waals surface area contributed by atoms with Crippen molar-refractivity contribution in [2.75, 3.05) is 0 Å². The molecule has 0 aliphatic heterocycles. The van der Waals surface area contributed by atoms with E-state index in [4.69, 9.17) is 0 Å². The molecule has 9 heteroatoms. The van der Waals surface area contributed by atoms with Crippen molar-refractivity contribution in [2.45, 2.75) is 111 Å². The molecule has 0 spiro atoms. The Morgan fingerprint density at radius 3 is 0.0825 bits per heavy atom. The summed E-state index contributed by atoms with van der Waals surface area (Å²) in [5.74, 6) is 0. The predicted molar refractivity (Wildman–Crippen MR) is 432 cm³/mol. The molecule has 0 aliphatic carbocycles. The third-order valence-corrected chi connectivity index (χ3v) is 6.67. The number of rotatable bonds is 0. The molecular formula is C88H144Y9-12. The zero-order valence-corrected chi connectivity index (χ0v) is 93.4. The molecule has 0 unspecified atom stereocenters. The molecule has 0 N–H and O–H groups in total. The Labute approximate surface area is 843 Å². The van der Waals surface area contributed by atoms with Gasteiger partial charge in [-0.05, 0) is 0 Å². The molecule has 10 aromatic rings. The van der Waals surface area contributed by atoms with Gasteiger partial charge in [0.1, 0.15) is 0 Å². The van der Waals surface area contributed by atoms with Crippen LogP contribution >= 0.6 is 0 Å². The molecule has 10 aromatic carbocycles. The van der Waals surface area contributed by atoms with E-state index in [1.807, 2.05) is 475 Å². The summed E-state index contributed by atoms with van der Waals surface area (Å²) in [6.45, 7) is 32.0. The van der Waals surface area contributed by atoms with Crippen molar-refractivity contribution in [2.24, 2.45) is 0 Å². The maximum absolute atomic E-state index is 2.00. The van der Waals surface area contributed by atoms with Gasteiger partial charge in [0.2, 0.25) is 0 Å². The Morgan fingerprint density at radius 2 is 0.0722 bits per heavy atom. The smallest absolute Gasteiger partial charge is 0 e. The number of hydrogen-bond acceptors (Lipinski definition) is 0. The first-order valence-corrected chi connectivity index (χ1v) is 28.0. The fourth-order valence-corrected chi connectivity index (χ4v) is 3.85. The molecule has 0 aromatic heterocycles. The summed E-state index contributed by atoms with van der Waals surface area (Å²) in [7, 11) is 0. The zero-order valence-electron chi connectivity index (χ0n) is 67.8. The second-order valence-electron chi connectivity index (χ2n) is 11.5. The molecule has 0 fully saturated rings. The van der Waals surface area contributed by atoms with Crippen LogP contribution in [0.25, 0.3) is 0 Å². The first-order chi connectivity index (χ1) is 38.0. The van der Waals surface area contributed by atoms with Crippen molar-refractivity contribution in [1.82, 2.24) is 0 Å². The Bertz CT molecular complexity index is 1290. The zero-order chi connectivity index (χ0) is 58.4. The first kappa shape index (κ1) is 194. The Kier molecular flexibility index (Phi) is 480. The molecule has 0 heterocycles. The van der Waals surface area contributed by atoms with E-state index in [0.717, 1.165) is 0 Å². The van der Waals surface area contributed by atoms with Gasteiger partial charge in [-0.15, -0.1) is 0 Å². The fourth-order valence-electron chi connectivity index (χ4n) is 3.85. The van der Waals surface area contributed by atoms with Crippen molar-refractivity contribution in [3.05, 3.63) is 453 Å². The van der Waals surface area contributed by atoms with Gasteiger partial charge in [-0.3, -0.25) is 0 Å². The van der Waals surface area contributed by atoms with E-state index in [0.29, 0.717) is 0 Å². The van der Waals surface area contributed by atoms with Crippen LogP contribution in [0.5, 0.6) is 0 Å². The molecule has 97 heavy (non-hydrogen) atoms. The van der Waals surface area contributed by atoms with Gasteiger partial charge in [0.15, 0.2) is 0 Å². The van der Waals surface area contributed by atoms with E-state index in [1.165, 1.54) is 0 Å². The van der Waals surface area contributed by atoms with Crippen LogP contribution in [0, 0.1) is 89.1 Å². The Hall–Kier alpha value is 2.14. The molecule has 535 valence electrons. The summed E-state index contributed by atoms with van der Waals surface area (Å²) in [5.41, 5.74) is 0. The Balaban J connectivity index is -0.0000000187. The van der Waals surface area contributed by atoms with Gasteiger partial charge in [0, 0.05) is 294 Å². The van der Waals surface area contributed by atoms with Crippen LogP contribution in [-0.2, 0) is 294 Å². The van der Waals surface area contributed by atoms with Crippen LogP contribution in [0.3, 0.4) is 0 Å². The SMILES string of the molecule is CC.CC.CC.CC.CC.CC.CC.CC.[CH3-].[CH3-].[CH3-].[CH3-].[CH3-].[CH3-].[CH3-].[CH3-].[CH3-].[CH3-].[CH3-].[CH3-].[Y].[Y].[Y].[Y].[Y].[Y].[Y].[Y].[Y].c1ccccc1.c1ccccc1.c1ccccc1.c1ccccc1.c1ccccc1.c1ccccc1.c1ccccc1.c1ccccc1.c1ccccc1.c1ccccc1. The van der Waals surface area contributed by atoms with Crippen molar-refractivity contribution in [3.63, 3.8) is 0 Å². The topological polar surface area (TPSA) is 0 Å². The maximum Gasteiger partial charge on any atom is 0 e. The van der Waals surface area contributed by atoms with Crippen molar-refractivity contribution < 1.29 is 294 Å². The van der Waals surface area contributed by atoms with E-state index in [1.54, 1.807) is 0 Å². The molecule has 10 rings (SSSR count). The molecule has 0 atom stereocenters. The van der Waals surface area contributed by atoms with Gasteiger partial charge < -0.3 is 89.1 Å². The summed E-state index contributed by atoms with van der Waals surface area (Å²) in [4.78, 5) is 0. The minimum Gasteiger partial charge on any atom is -0.358 e.